The molecule has 2 spiro atoms. The van der Waals surface area contributed by atoms with Crippen molar-refractivity contribution in [3.63, 3.8) is 0 Å². The van der Waals surface area contributed by atoms with Crippen LogP contribution in [0.1, 0.15) is 93.9 Å². The zero-order valence-electron chi connectivity index (χ0n) is 16.9. The molecule has 1 heterocycles. The van der Waals surface area contributed by atoms with Gasteiger partial charge in [-0.05, 0) is 36.5 Å². The zero-order valence-corrected chi connectivity index (χ0v) is 16.9. The highest BCUT2D eigenvalue weighted by Crippen LogP contribution is 2.63. The molecule has 3 rings (SSSR count). The van der Waals surface area contributed by atoms with Crippen LogP contribution in [-0.4, -0.2) is 11.6 Å². The fourth-order valence-corrected chi connectivity index (χ4v) is 4.69. The van der Waals surface area contributed by atoms with E-state index in [1.54, 1.807) is 0 Å². The minimum absolute atomic E-state index is 0.0871. The third-order valence-corrected chi connectivity index (χ3v) is 8.53. The molecule has 0 atom stereocenters. The van der Waals surface area contributed by atoms with Crippen molar-refractivity contribution < 1.29 is 19.6 Å². The fourth-order valence-electron chi connectivity index (χ4n) is 4.69. The van der Waals surface area contributed by atoms with Crippen molar-refractivity contribution in [1.29, 1.82) is 0 Å². The molecule has 0 unspecified atom stereocenters. The Morgan fingerprint density at radius 1 is 0.458 bits per heavy atom. The van der Waals surface area contributed by atoms with Gasteiger partial charge >= 0.3 is 0 Å². The van der Waals surface area contributed by atoms with Crippen LogP contribution in [0.5, 0.6) is 0 Å². The van der Waals surface area contributed by atoms with Gasteiger partial charge in [0, 0.05) is 23.7 Å². The first kappa shape index (κ1) is 18.6. The van der Waals surface area contributed by atoms with Gasteiger partial charge in [-0.15, -0.1) is 0 Å². The van der Waals surface area contributed by atoms with Crippen LogP contribution < -0.4 is 0 Å². The maximum absolute atomic E-state index is 6.13. The molecule has 2 aliphatic carbocycles. The Labute approximate surface area is 147 Å². The smallest absolute Gasteiger partial charge is 0.194 e. The molecule has 24 heavy (non-hydrogen) atoms. The summed E-state index contributed by atoms with van der Waals surface area (Å²) in [4.78, 5) is 24.5. The van der Waals surface area contributed by atoms with E-state index in [4.69, 9.17) is 19.6 Å². The molecule has 2 saturated carbocycles. The average molecular weight is 341 g/mol. The van der Waals surface area contributed by atoms with E-state index >= 15 is 0 Å². The van der Waals surface area contributed by atoms with E-state index in [2.05, 4.69) is 55.4 Å². The first-order valence-electron chi connectivity index (χ1n) is 9.56. The summed E-state index contributed by atoms with van der Waals surface area (Å²) in [5, 5.41) is 0. The molecule has 1 saturated heterocycles. The second kappa shape index (κ2) is 5.18. The van der Waals surface area contributed by atoms with Crippen molar-refractivity contribution in [2.45, 2.75) is 105 Å². The van der Waals surface area contributed by atoms with Gasteiger partial charge in [-0.2, -0.15) is 19.6 Å². The van der Waals surface area contributed by atoms with Crippen molar-refractivity contribution in [3.8, 4) is 0 Å². The highest BCUT2D eigenvalue weighted by molar-refractivity contribution is 5.04. The molecular weight excluding hydrogens is 304 g/mol. The van der Waals surface area contributed by atoms with Crippen LogP contribution in [0.25, 0.3) is 0 Å². The van der Waals surface area contributed by atoms with E-state index in [1.807, 2.05) is 0 Å². The van der Waals surface area contributed by atoms with E-state index in [0.29, 0.717) is 0 Å². The van der Waals surface area contributed by atoms with Gasteiger partial charge in [-0.3, -0.25) is 0 Å². The monoisotopic (exact) mass is 340 g/mol. The minimum atomic E-state index is -0.836. The average Bonchev–Trinajstić information content (AvgIpc) is 2.45. The Hall–Kier alpha value is -0.160. The highest BCUT2D eigenvalue weighted by atomic mass is 17.4. The van der Waals surface area contributed by atoms with E-state index in [0.717, 1.165) is 38.5 Å². The standard InChI is InChI=1S/C20H36O4/c1-15(2)11-9-13-19(17(15,5)6)21-23-20(24-22-19)14-10-12-16(3,4)18(20,7)8/h9-14H2,1-8H3. The molecule has 0 N–H and O–H groups in total. The van der Waals surface area contributed by atoms with E-state index < -0.39 is 11.6 Å². The van der Waals surface area contributed by atoms with Crippen LogP contribution in [-0.2, 0) is 19.6 Å². The lowest BCUT2D eigenvalue weighted by Crippen LogP contribution is -2.68. The molecule has 0 radical (unpaired) electrons. The summed E-state index contributed by atoms with van der Waals surface area (Å²) in [6.45, 7) is 17.9. The molecule has 3 aliphatic rings. The van der Waals surface area contributed by atoms with Crippen LogP contribution in [0.3, 0.4) is 0 Å². The van der Waals surface area contributed by atoms with Gasteiger partial charge in [0.15, 0.2) is 0 Å². The summed E-state index contributed by atoms with van der Waals surface area (Å²) in [6, 6.07) is 0. The maximum Gasteiger partial charge on any atom is 0.239 e. The second-order valence-electron chi connectivity index (χ2n) is 10.6. The Kier molecular flexibility index (Phi) is 4.02. The summed E-state index contributed by atoms with van der Waals surface area (Å²) < 4.78 is 0. The molecule has 0 amide bonds. The first-order valence-corrected chi connectivity index (χ1v) is 9.56. The Balaban J connectivity index is 1.88. The largest absolute Gasteiger partial charge is 0.239 e. The molecule has 140 valence electrons. The Morgan fingerprint density at radius 3 is 1.04 bits per heavy atom. The van der Waals surface area contributed by atoms with Gasteiger partial charge in [-0.1, -0.05) is 55.4 Å². The molecule has 3 fully saturated rings. The van der Waals surface area contributed by atoms with Crippen molar-refractivity contribution in [1.82, 2.24) is 0 Å². The molecule has 4 heteroatoms. The van der Waals surface area contributed by atoms with Gasteiger partial charge in [0.1, 0.15) is 0 Å². The Morgan fingerprint density at radius 2 is 0.750 bits per heavy atom. The van der Waals surface area contributed by atoms with Crippen LogP contribution in [0.2, 0.25) is 0 Å². The molecule has 0 aromatic heterocycles. The fraction of sp³-hybridized carbons (Fsp3) is 1.00. The molecular formula is C20H36O4. The lowest BCUT2D eigenvalue weighted by Gasteiger charge is -2.62. The highest BCUT2D eigenvalue weighted by Gasteiger charge is 2.68. The lowest BCUT2D eigenvalue weighted by molar-refractivity contribution is -0.693. The molecule has 1 aliphatic heterocycles. The third-order valence-electron chi connectivity index (χ3n) is 8.53. The lowest BCUT2D eigenvalue weighted by atomic mass is 9.56. The molecule has 0 aromatic carbocycles. The number of rotatable bonds is 0. The van der Waals surface area contributed by atoms with E-state index in [1.165, 1.54) is 0 Å². The van der Waals surface area contributed by atoms with Gasteiger partial charge in [0.2, 0.25) is 11.6 Å². The maximum atomic E-state index is 6.13. The number of hydrogen-bond acceptors (Lipinski definition) is 4. The van der Waals surface area contributed by atoms with Crippen LogP contribution >= 0.6 is 0 Å². The summed E-state index contributed by atoms with van der Waals surface area (Å²) in [6.07, 6.45) is 5.99. The van der Waals surface area contributed by atoms with E-state index in [9.17, 15) is 0 Å². The summed E-state index contributed by atoms with van der Waals surface area (Å²) in [5.74, 6) is -1.67. The van der Waals surface area contributed by atoms with Crippen LogP contribution in [0.15, 0.2) is 0 Å². The molecule has 4 nitrogen and oxygen atoms in total. The molecule has 0 aromatic rings. The predicted molar refractivity (Wildman–Crippen MR) is 92.6 cm³/mol. The van der Waals surface area contributed by atoms with Crippen LogP contribution in [0, 0.1) is 21.7 Å². The van der Waals surface area contributed by atoms with Gasteiger partial charge in [-0.25, -0.2) is 0 Å². The first-order chi connectivity index (χ1) is 10.8. The quantitative estimate of drug-likeness (QED) is 0.525. The van der Waals surface area contributed by atoms with Crippen molar-refractivity contribution in [2.24, 2.45) is 21.7 Å². The summed E-state index contributed by atoms with van der Waals surface area (Å²) >= 11 is 0. The SMILES string of the molecule is CC1(C)CCCC2(OOC3(CCCC(C)(C)C3(C)C)OO2)C1(C)C. The van der Waals surface area contributed by atoms with Crippen LogP contribution in [0.4, 0.5) is 0 Å². The van der Waals surface area contributed by atoms with Crippen molar-refractivity contribution >= 4 is 0 Å². The van der Waals surface area contributed by atoms with Crippen molar-refractivity contribution in [3.05, 3.63) is 0 Å². The summed E-state index contributed by atoms with van der Waals surface area (Å²) in [5.41, 5.74) is -0.254. The predicted octanol–water partition coefficient (Wildman–Crippen LogP) is 5.76. The van der Waals surface area contributed by atoms with Gasteiger partial charge < -0.3 is 0 Å². The second-order valence-corrected chi connectivity index (χ2v) is 10.6. The van der Waals surface area contributed by atoms with Gasteiger partial charge in [0.25, 0.3) is 0 Å². The topological polar surface area (TPSA) is 36.9 Å². The van der Waals surface area contributed by atoms with Gasteiger partial charge in [0.05, 0.1) is 0 Å². The zero-order chi connectivity index (χ0) is 18.1. The molecule has 0 bridgehead atoms. The Bertz CT molecular complexity index is 450. The minimum Gasteiger partial charge on any atom is -0.194 e. The number of hydrogen-bond donors (Lipinski definition) is 0. The third kappa shape index (κ3) is 2.19. The summed E-state index contributed by atoms with van der Waals surface area (Å²) in [7, 11) is 0. The van der Waals surface area contributed by atoms with E-state index in [-0.39, 0.29) is 21.7 Å². The van der Waals surface area contributed by atoms with Crippen molar-refractivity contribution in [2.75, 3.05) is 0 Å². The normalized spacial score (nSPS) is 43.0.